The molecule has 0 aliphatic heterocycles. The van der Waals surface area contributed by atoms with Gasteiger partial charge in [0.15, 0.2) is 0 Å². The third-order valence-electron chi connectivity index (χ3n) is 2.95. The van der Waals surface area contributed by atoms with Crippen LogP contribution in [0.4, 0.5) is 13.2 Å². The lowest BCUT2D eigenvalue weighted by Crippen LogP contribution is -2.22. The van der Waals surface area contributed by atoms with E-state index in [1.54, 1.807) is 30.3 Å². The van der Waals surface area contributed by atoms with Gasteiger partial charge in [-0.3, -0.25) is 0 Å². The lowest BCUT2D eigenvalue weighted by Gasteiger charge is -2.21. The highest BCUT2D eigenvalue weighted by molar-refractivity contribution is 6.30. The summed E-state index contributed by atoms with van der Waals surface area (Å²) in [4.78, 5) is 0. The first-order valence-corrected chi connectivity index (χ1v) is 6.21. The minimum Gasteiger partial charge on any atom is -0.170 e. The van der Waals surface area contributed by atoms with Crippen LogP contribution in [-0.2, 0) is 6.42 Å². The van der Waals surface area contributed by atoms with Gasteiger partial charge in [0.2, 0.25) is 0 Å². The molecule has 0 radical (unpaired) electrons. The maximum absolute atomic E-state index is 13.2. The minimum atomic E-state index is -4.27. The summed E-state index contributed by atoms with van der Waals surface area (Å²) in [6.07, 6.45) is -4.34. The zero-order chi connectivity index (χ0) is 13.9. The van der Waals surface area contributed by atoms with Crippen molar-refractivity contribution in [1.29, 1.82) is 0 Å². The first-order chi connectivity index (χ1) is 8.97. The average molecular weight is 285 g/mol. The Labute approximate surface area is 114 Å². The molecule has 0 bridgehead atoms. The van der Waals surface area contributed by atoms with Crippen molar-refractivity contribution in [3.63, 3.8) is 0 Å². The highest BCUT2D eigenvalue weighted by atomic mass is 35.5. The fourth-order valence-electron chi connectivity index (χ4n) is 1.97. The third-order valence-corrected chi connectivity index (χ3v) is 3.20. The SMILES string of the molecule is FC(F)(F)C(Cc1ccccc1)c1ccc(Cl)cc1. The summed E-state index contributed by atoms with van der Waals surface area (Å²) < 4.78 is 39.5. The molecule has 4 heteroatoms. The second kappa shape index (κ2) is 5.66. The second-order valence-electron chi connectivity index (χ2n) is 4.34. The Balaban J connectivity index is 2.29. The molecule has 19 heavy (non-hydrogen) atoms. The van der Waals surface area contributed by atoms with Crippen LogP contribution in [0, 0.1) is 0 Å². The van der Waals surface area contributed by atoms with Gasteiger partial charge in [-0.1, -0.05) is 54.1 Å². The molecule has 1 atom stereocenters. The highest BCUT2D eigenvalue weighted by Crippen LogP contribution is 2.37. The van der Waals surface area contributed by atoms with E-state index >= 15 is 0 Å². The maximum atomic E-state index is 13.2. The van der Waals surface area contributed by atoms with Crippen LogP contribution in [-0.4, -0.2) is 6.18 Å². The van der Waals surface area contributed by atoms with E-state index in [4.69, 9.17) is 11.6 Å². The van der Waals surface area contributed by atoms with Crippen molar-refractivity contribution < 1.29 is 13.2 Å². The molecular formula is C15H12ClF3. The van der Waals surface area contributed by atoms with E-state index in [1.165, 1.54) is 24.3 Å². The molecule has 0 fully saturated rings. The van der Waals surface area contributed by atoms with Crippen LogP contribution >= 0.6 is 11.6 Å². The standard InChI is InChI=1S/C15H12ClF3/c16-13-8-6-12(7-9-13)14(15(17,18)19)10-11-4-2-1-3-5-11/h1-9,14H,10H2. The second-order valence-corrected chi connectivity index (χ2v) is 4.77. The first-order valence-electron chi connectivity index (χ1n) is 5.83. The minimum absolute atomic E-state index is 0.0635. The van der Waals surface area contributed by atoms with Crippen molar-refractivity contribution in [2.45, 2.75) is 18.5 Å². The van der Waals surface area contributed by atoms with Gasteiger partial charge in [0.25, 0.3) is 0 Å². The Morgan fingerprint density at radius 1 is 0.895 bits per heavy atom. The van der Waals surface area contributed by atoms with Crippen molar-refractivity contribution >= 4 is 11.6 Å². The number of hydrogen-bond acceptors (Lipinski definition) is 0. The lowest BCUT2D eigenvalue weighted by atomic mass is 9.91. The summed E-state index contributed by atoms with van der Waals surface area (Å²) >= 11 is 5.71. The summed E-state index contributed by atoms with van der Waals surface area (Å²) in [5.41, 5.74) is 0.903. The Bertz CT molecular complexity index is 517. The predicted octanol–water partition coefficient (Wildman–Crippen LogP) is 5.23. The number of benzene rings is 2. The topological polar surface area (TPSA) is 0 Å². The first kappa shape index (κ1) is 13.9. The molecule has 0 saturated heterocycles. The summed E-state index contributed by atoms with van der Waals surface area (Å²) in [7, 11) is 0. The van der Waals surface area contributed by atoms with Gasteiger partial charge in [0.05, 0.1) is 5.92 Å². The molecule has 0 aliphatic carbocycles. The Morgan fingerprint density at radius 2 is 1.47 bits per heavy atom. The molecule has 0 saturated carbocycles. The van der Waals surface area contributed by atoms with Crippen LogP contribution < -0.4 is 0 Å². The number of hydrogen-bond donors (Lipinski definition) is 0. The van der Waals surface area contributed by atoms with Crippen LogP contribution in [0.5, 0.6) is 0 Å². The average Bonchev–Trinajstić information content (AvgIpc) is 2.37. The van der Waals surface area contributed by atoms with E-state index in [0.29, 0.717) is 10.6 Å². The van der Waals surface area contributed by atoms with E-state index in [-0.39, 0.29) is 12.0 Å². The van der Waals surface area contributed by atoms with Crippen molar-refractivity contribution in [3.05, 3.63) is 70.7 Å². The fourth-order valence-corrected chi connectivity index (χ4v) is 2.09. The van der Waals surface area contributed by atoms with Crippen LogP contribution in [0.25, 0.3) is 0 Å². The summed E-state index contributed by atoms with van der Waals surface area (Å²) in [5.74, 6) is -1.51. The summed E-state index contributed by atoms with van der Waals surface area (Å²) in [6.45, 7) is 0. The van der Waals surface area contributed by atoms with Gasteiger partial charge >= 0.3 is 6.18 Å². The van der Waals surface area contributed by atoms with Crippen LogP contribution in [0.2, 0.25) is 5.02 Å². The van der Waals surface area contributed by atoms with Gasteiger partial charge in [-0.05, 0) is 29.7 Å². The highest BCUT2D eigenvalue weighted by Gasteiger charge is 2.40. The van der Waals surface area contributed by atoms with E-state index in [0.717, 1.165) is 0 Å². The van der Waals surface area contributed by atoms with Crippen molar-refractivity contribution in [2.75, 3.05) is 0 Å². The molecule has 2 rings (SSSR count). The molecular weight excluding hydrogens is 273 g/mol. The summed E-state index contributed by atoms with van der Waals surface area (Å²) in [6, 6.07) is 14.5. The molecule has 0 spiro atoms. The van der Waals surface area contributed by atoms with Crippen LogP contribution in [0.15, 0.2) is 54.6 Å². The van der Waals surface area contributed by atoms with Gasteiger partial charge in [-0.2, -0.15) is 13.2 Å². The van der Waals surface area contributed by atoms with E-state index in [1.807, 2.05) is 0 Å². The molecule has 0 aliphatic rings. The van der Waals surface area contributed by atoms with Gasteiger partial charge in [0.1, 0.15) is 0 Å². The van der Waals surface area contributed by atoms with E-state index in [9.17, 15) is 13.2 Å². The molecule has 2 aromatic carbocycles. The molecule has 1 unspecified atom stereocenters. The molecule has 0 aromatic heterocycles. The molecule has 0 amide bonds. The zero-order valence-electron chi connectivity index (χ0n) is 9.99. The Hall–Kier alpha value is -1.48. The number of halogens is 4. The van der Waals surface area contributed by atoms with Crippen LogP contribution in [0.3, 0.4) is 0 Å². The maximum Gasteiger partial charge on any atom is 0.396 e. The number of rotatable bonds is 3. The van der Waals surface area contributed by atoms with Crippen LogP contribution in [0.1, 0.15) is 17.0 Å². The van der Waals surface area contributed by atoms with Gasteiger partial charge < -0.3 is 0 Å². The Kier molecular flexibility index (Phi) is 4.15. The smallest absolute Gasteiger partial charge is 0.170 e. The predicted molar refractivity (Wildman–Crippen MR) is 70.4 cm³/mol. The molecule has 100 valence electrons. The quantitative estimate of drug-likeness (QED) is 0.724. The number of alkyl halides is 3. The molecule has 0 nitrogen and oxygen atoms in total. The van der Waals surface area contributed by atoms with E-state index < -0.39 is 12.1 Å². The van der Waals surface area contributed by atoms with Gasteiger partial charge in [-0.25, -0.2) is 0 Å². The van der Waals surface area contributed by atoms with Crippen molar-refractivity contribution in [2.24, 2.45) is 0 Å². The largest absolute Gasteiger partial charge is 0.396 e. The monoisotopic (exact) mass is 284 g/mol. The summed E-state index contributed by atoms with van der Waals surface area (Å²) in [5, 5.41) is 0.435. The Morgan fingerprint density at radius 3 is 2.00 bits per heavy atom. The zero-order valence-corrected chi connectivity index (χ0v) is 10.7. The molecule has 0 heterocycles. The van der Waals surface area contributed by atoms with Crippen molar-refractivity contribution in [1.82, 2.24) is 0 Å². The fraction of sp³-hybridized carbons (Fsp3) is 0.200. The van der Waals surface area contributed by atoms with Gasteiger partial charge in [-0.15, -0.1) is 0 Å². The van der Waals surface area contributed by atoms with Crippen molar-refractivity contribution in [3.8, 4) is 0 Å². The molecule has 0 N–H and O–H groups in total. The van der Waals surface area contributed by atoms with Gasteiger partial charge in [0, 0.05) is 5.02 Å². The normalized spacial score (nSPS) is 13.3. The van der Waals surface area contributed by atoms with E-state index in [2.05, 4.69) is 0 Å². The lowest BCUT2D eigenvalue weighted by molar-refractivity contribution is -0.150. The molecule has 2 aromatic rings. The third kappa shape index (κ3) is 3.74.